The van der Waals surface area contributed by atoms with Gasteiger partial charge in [0.05, 0.1) is 17.5 Å². The lowest BCUT2D eigenvalue weighted by Gasteiger charge is -2.10. The van der Waals surface area contributed by atoms with Crippen molar-refractivity contribution in [2.24, 2.45) is 0 Å². The molecule has 0 spiro atoms. The predicted octanol–water partition coefficient (Wildman–Crippen LogP) is 1.30. The Balaban J connectivity index is 2.15. The maximum Gasteiger partial charge on any atom is 0.240 e. The number of aliphatic hydroxyl groups is 1. The van der Waals surface area contributed by atoms with Crippen LogP contribution in [0.5, 0.6) is 0 Å². The van der Waals surface area contributed by atoms with Gasteiger partial charge in [-0.3, -0.25) is 0 Å². The summed E-state index contributed by atoms with van der Waals surface area (Å²) in [5, 5.41) is 13.4. The molecule has 1 atom stereocenters. The lowest BCUT2D eigenvalue weighted by molar-refractivity contribution is 0.173. The molecule has 0 fully saturated rings. The minimum absolute atomic E-state index is 0.0553. The molecule has 21 heavy (non-hydrogen) atoms. The summed E-state index contributed by atoms with van der Waals surface area (Å²) in [6.07, 6.45) is -0.168. The highest BCUT2D eigenvalue weighted by Crippen LogP contribution is 2.19. The van der Waals surface area contributed by atoms with Gasteiger partial charge >= 0.3 is 0 Å². The number of aromatic nitrogens is 2. The quantitative estimate of drug-likeness (QED) is 0.833. The van der Waals surface area contributed by atoms with Gasteiger partial charge in [-0.1, -0.05) is 24.2 Å². The van der Waals surface area contributed by atoms with Crippen LogP contribution in [-0.4, -0.2) is 23.7 Å². The molecule has 2 rings (SSSR count). The molecule has 2 N–H and O–H groups in total. The molecule has 1 heterocycles. The zero-order valence-corrected chi connectivity index (χ0v) is 12.6. The molecule has 1 aromatic heterocycles. The number of hydrogen-bond acceptors (Lipinski definition) is 6. The minimum atomic E-state index is -3.70. The van der Waals surface area contributed by atoms with Gasteiger partial charge < -0.3 is 9.63 Å². The third kappa shape index (κ3) is 3.87. The van der Waals surface area contributed by atoms with Crippen molar-refractivity contribution in [1.82, 2.24) is 14.9 Å². The highest BCUT2D eigenvalue weighted by atomic mass is 32.2. The Morgan fingerprint density at radius 2 is 2.19 bits per heavy atom. The Kier molecular flexibility index (Phi) is 4.71. The summed E-state index contributed by atoms with van der Waals surface area (Å²) < 4.78 is 31.6. The van der Waals surface area contributed by atoms with Gasteiger partial charge in [0.1, 0.15) is 0 Å². The summed E-state index contributed by atoms with van der Waals surface area (Å²) in [5.74, 6) is 0.637. The molecule has 7 nitrogen and oxygen atoms in total. The van der Waals surface area contributed by atoms with Gasteiger partial charge in [0, 0.05) is 6.92 Å². The number of nitrogens with zero attached hydrogens (tertiary/aromatic N) is 2. The maximum absolute atomic E-state index is 12.2. The van der Waals surface area contributed by atoms with Crippen molar-refractivity contribution in [1.29, 1.82) is 0 Å². The Hall–Kier alpha value is -1.77. The Bertz CT molecular complexity index is 712. The first-order valence-electron chi connectivity index (χ1n) is 6.49. The lowest BCUT2D eigenvalue weighted by Crippen LogP contribution is -2.24. The summed E-state index contributed by atoms with van der Waals surface area (Å²) in [4.78, 5) is 4.01. The number of benzene rings is 1. The van der Waals surface area contributed by atoms with Crippen LogP contribution in [0.25, 0.3) is 0 Å². The average Bonchev–Trinajstić information content (AvgIpc) is 2.90. The fourth-order valence-electron chi connectivity index (χ4n) is 1.78. The van der Waals surface area contributed by atoms with Crippen LogP contribution >= 0.6 is 0 Å². The predicted molar refractivity (Wildman–Crippen MR) is 74.8 cm³/mol. The van der Waals surface area contributed by atoms with E-state index in [0.29, 0.717) is 17.9 Å². The summed E-state index contributed by atoms with van der Waals surface area (Å²) in [7, 11) is -3.70. The van der Waals surface area contributed by atoms with Crippen molar-refractivity contribution in [2.75, 3.05) is 0 Å². The molecular weight excluding hydrogens is 294 g/mol. The standard InChI is InChI=1S/C13H17N3O4S/c1-3-12(17)10-5-4-6-11(7-10)21(18,19)14-8-13-15-9(2)20-16-13/h4-7,12,14,17H,3,8H2,1-2H3. The van der Waals surface area contributed by atoms with E-state index in [-0.39, 0.29) is 17.3 Å². The number of nitrogens with one attached hydrogen (secondary N) is 1. The first-order chi connectivity index (χ1) is 9.92. The van der Waals surface area contributed by atoms with Crippen LogP contribution < -0.4 is 4.72 Å². The van der Waals surface area contributed by atoms with Gasteiger partial charge in [-0.05, 0) is 24.1 Å². The highest BCUT2D eigenvalue weighted by molar-refractivity contribution is 7.89. The van der Waals surface area contributed by atoms with Crippen molar-refractivity contribution < 1.29 is 18.0 Å². The van der Waals surface area contributed by atoms with E-state index >= 15 is 0 Å². The van der Waals surface area contributed by atoms with Crippen LogP contribution in [0.2, 0.25) is 0 Å². The van der Waals surface area contributed by atoms with E-state index in [9.17, 15) is 13.5 Å². The average molecular weight is 311 g/mol. The van der Waals surface area contributed by atoms with Gasteiger partial charge in [-0.25, -0.2) is 13.1 Å². The van der Waals surface area contributed by atoms with E-state index in [1.165, 1.54) is 12.1 Å². The number of aliphatic hydroxyl groups excluding tert-OH is 1. The molecule has 0 radical (unpaired) electrons. The fraction of sp³-hybridized carbons (Fsp3) is 0.385. The molecule has 1 aromatic carbocycles. The van der Waals surface area contributed by atoms with Crippen LogP contribution in [0.3, 0.4) is 0 Å². The van der Waals surface area contributed by atoms with Crippen LogP contribution in [-0.2, 0) is 16.6 Å². The van der Waals surface area contributed by atoms with Gasteiger partial charge in [0.2, 0.25) is 15.9 Å². The molecule has 0 saturated heterocycles. The first kappa shape index (κ1) is 15.6. The molecule has 0 aliphatic carbocycles. The van der Waals surface area contributed by atoms with Crippen molar-refractivity contribution in [2.45, 2.75) is 37.8 Å². The normalized spacial score (nSPS) is 13.3. The van der Waals surface area contributed by atoms with Gasteiger partial charge in [0.25, 0.3) is 0 Å². The second-order valence-electron chi connectivity index (χ2n) is 4.55. The van der Waals surface area contributed by atoms with E-state index < -0.39 is 16.1 Å². The molecule has 8 heteroatoms. The first-order valence-corrected chi connectivity index (χ1v) is 7.97. The minimum Gasteiger partial charge on any atom is -0.388 e. The largest absolute Gasteiger partial charge is 0.388 e. The molecule has 0 bridgehead atoms. The second kappa shape index (κ2) is 6.33. The van der Waals surface area contributed by atoms with E-state index in [1.807, 2.05) is 6.92 Å². The third-order valence-electron chi connectivity index (χ3n) is 2.93. The summed E-state index contributed by atoms with van der Waals surface area (Å²) in [6.45, 7) is 3.39. The van der Waals surface area contributed by atoms with Crippen LogP contribution in [0.4, 0.5) is 0 Å². The molecule has 114 valence electrons. The molecule has 0 aliphatic heterocycles. The zero-order valence-electron chi connectivity index (χ0n) is 11.8. The van der Waals surface area contributed by atoms with Crippen molar-refractivity contribution in [3.05, 3.63) is 41.5 Å². The molecule has 0 amide bonds. The highest BCUT2D eigenvalue weighted by Gasteiger charge is 2.17. The van der Waals surface area contributed by atoms with E-state index in [0.717, 1.165) is 0 Å². The van der Waals surface area contributed by atoms with Crippen LogP contribution in [0.1, 0.15) is 36.7 Å². The molecular formula is C13H17N3O4S. The Morgan fingerprint density at radius 3 is 2.81 bits per heavy atom. The zero-order chi connectivity index (χ0) is 15.5. The van der Waals surface area contributed by atoms with E-state index in [1.54, 1.807) is 19.1 Å². The van der Waals surface area contributed by atoms with Gasteiger partial charge in [-0.2, -0.15) is 4.98 Å². The molecule has 0 saturated carbocycles. The van der Waals surface area contributed by atoms with E-state index in [4.69, 9.17) is 4.52 Å². The maximum atomic E-state index is 12.2. The Labute approximate surface area is 123 Å². The summed E-state index contributed by atoms with van der Waals surface area (Å²) in [5.41, 5.74) is 0.566. The number of hydrogen-bond donors (Lipinski definition) is 2. The number of aryl methyl sites for hydroxylation is 1. The molecule has 2 aromatic rings. The molecule has 1 unspecified atom stereocenters. The van der Waals surface area contributed by atoms with E-state index in [2.05, 4.69) is 14.9 Å². The monoisotopic (exact) mass is 311 g/mol. The molecule has 0 aliphatic rings. The van der Waals surface area contributed by atoms with Gasteiger partial charge in [0.15, 0.2) is 5.82 Å². The fourth-order valence-corrected chi connectivity index (χ4v) is 2.82. The van der Waals surface area contributed by atoms with Crippen molar-refractivity contribution in [3.63, 3.8) is 0 Å². The smallest absolute Gasteiger partial charge is 0.240 e. The second-order valence-corrected chi connectivity index (χ2v) is 6.32. The van der Waals surface area contributed by atoms with Crippen LogP contribution in [0.15, 0.2) is 33.7 Å². The SMILES string of the molecule is CCC(O)c1cccc(S(=O)(=O)NCc2noc(C)n2)c1. The topological polar surface area (TPSA) is 105 Å². The number of sulfonamides is 1. The third-order valence-corrected chi connectivity index (χ3v) is 4.33. The van der Waals surface area contributed by atoms with Crippen LogP contribution in [0, 0.1) is 6.92 Å². The lowest BCUT2D eigenvalue weighted by atomic mass is 10.1. The van der Waals surface area contributed by atoms with Gasteiger partial charge in [-0.15, -0.1) is 0 Å². The summed E-state index contributed by atoms with van der Waals surface area (Å²) in [6, 6.07) is 6.21. The Morgan fingerprint density at radius 1 is 1.43 bits per heavy atom. The summed E-state index contributed by atoms with van der Waals surface area (Å²) >= 11 is 0. The number of rotatable bonds is 6. The van der Waals surface area contributed by atoms with Crippen molar-refractivity contribution in [3.8, 4) is 0 Å². The van der Waals surface area contributed by atoms with Crippen molar-refractivity contribution >= 4 is 10.0 Å².